The van der Waals surface area contributed by atoms with Gasteiger partial charge in [-0.2, -0.15) is 0 Å². The third-order valence-corrected chi connectivity index (χ3v) is 7.11. The van der Waals surface area contributed by atoms with Crippen molar-refractivity contribution in [3.05, 3.63) is 138 Å². The topological polar surface area (TPSA) is 26.0 Å². The maximum Gasteiger partial charge on any atom is 0.0436 e. The van der Waals surface area contributed by atoms with Crippen LogP contribution in [0.15, 0.2) is 121 Å². The number of hydrogen-bond donors (Lipinski definition) is 1. The molecule has 1 heteroatoms. The Hall–Kier alpha value is -4.10. The highest BCUT2D eigenvalue weighted by Crippen LogP contribution is 2.53. The normalized spacial score (nSPS) is 16.3. The lowest BCUT2D eigenvalue weighted by molar-refractivity contribution is 0.714. The average molecular weight is 424 g/mol. The van der Waals surface area contributed by atoms with Crippen molar-refractivity contribution in [1.29, 1.82) is 0 Å². The summed E-state index contributed by atoms with van der Waals surface area (Å²) in [6.45, 7) is 2.33. The number of anilines is 1. The molecular formula is C32H25N. The molecule has 0 saturated carbocycles. The predicted molar refractivity (Wildman–Crippen MR) is 139 cm³/mol. The molecule has 0 radical (unpaired) electrons. The van der Waals surface area contributed by atoms with Crippen LogP contribution in [0.2, 0.25) is 0 Å². The fourth-order valence-electron chi connectivity index (χ4n) is 5.30. The minimum absolute atomic E-state index is 0.249. The zero-order chi connectivity index (χ0) is 22.4. The molecule has 0 heterocycles. The third kappa shape index (κ3) is 3.08. The molecule has 5 aromatic rings. The molecule has 0 spiro atoms. The SMILES string of the molecule is CC1(c2ccccc2)c2cc(N)ccc2-c2ccc(-c3ccc(-c4ccccc4)cc3)cc21. The van der Waals surface area contributed by atoms with Crippen LogP contribution in [0, 0.1) is 0 Å². The summed E-state index contributed by atoms with van der Waals surface area (Å²) in [5.41, 5.74) is 18.2. The van der Waals surface area contributed by atoms with E-state index < -0.39 is 0 Å². The molecule has 0 aliphatic heterocycles. The van der Waals surface area contributed by atoms with Crippen LogP contribution in [0.1, 0.15) is 23.6 Å². The van der Waals surface area contributed by atoms with Gasteiger partial charge < -0.3 is 5.73 Å². The van der Waals surface area contributed by atoms with Crippen LogP contribution < -0.4 is 5.73 Å². The summed E-state index contributed by atoms with van der Waals surface area (Å²) >= 11 is 0. The molecule has 1 nitrogen and oxygen atoms in total. The molecule has 0 amide bonds. The summed E-state index contributed by atoms with van der Waals surface area (Å²) in [6.07, 6.45) is 0. The minimum atomic E-state index is -0.249. The van der Waals surface area contributed by atoms with Crippen LogP contribution >= 0.6 is 0 Å². The van der Waals surface area contributed by atoms with E-state index in [0.717, 1.165) is 5.69 Å². The second kappa shape index (κ2) is 7.50. The standard InChI is InChI=1S/C32H25N/c1-32(26-10-6-3-7-11-26)30-20-25(16-18-28(30)29-19-17-27(33)21-31(29)32)24-14-12-23(13-15-24)22-8-4-2-5-9-22/h2-21H,33H2,1H3. The number of fused-ring (bicyclic) bond motifs is 3. The van der Waals surface area contributed by atoms with Gasteiger partial charge in [0.05, 0.1) is 0 Å². The molecular weight excluding hydrogens is 398 g/mol. The van der Waals surface area contributed by atoms with Gasteiger partial charge in [0.2, 0.25) is 0 Å². The van der Waals surface area contributed by atoms with E-state index in [0.29, 0.717) is 0 Å². The summed E-state index contributed by atoms with van der Waals surface area (Å²) in [6, 6.07) is 43.4. The Morgan fingerprint density at radius 2 is 0.970 bits per heavy atom. The summed E-state index contributed by atoms with van der Waals surface area (Å²) in [5.74, 6) is 0. The summed E-state index contributed by atoms with van der Waals surface area (Å²) in [4.78, 5) is 0. The fourth-order valence-corrected chi connectivity index (χ4v) is 5.30. The zero-order valence-electron chi connectivity index (χ0n) is 18.6. The minimum Gasteiger partial charge on any atom is -0.399 e. The van der Waals surface area contributed by atoms with E-state index in [-0.39, 0.29) is 5.41 Å². The van der Waals surface area contributed by atoms with Crippen LogP contribution in [0.3, 0.4) is 0 Å². The van der Waals surface area contributed by atoms with E-state index in [4.69, 9.17) is 5.73 Å². The van der Waals surface area contributed by atoms with E-state index in [1.807, 2.05) is 6.07 Å². The Kier molecular flexibility index (Phi) is 4.45. The van der Waals surface area contributed by atoms with Gasteiger partial charge in [-0.25, -0.2) is 0 Å². The van der Waals surface area contributed by atoms with Crippen molar-refractivity contribution in [1.82, 2.24) is 0 Å². The first-order valence-electron chi connectivity index (χ1n) is 11.4. The smallest absolute Gasteiger partial charge is 0.0436 e. The van der Waals surface area contributed by atoms with Gasteiger partial charge in [0.25, 0.3) is 0 Å². The van der Waals surface area contributed by atoms with Gasteiger partial charge in [-0.15, -0.1) is 0 Å². The molecule has 1 unspecified atom stereocenters. The molecule has 33 heavy (non-hydrogen) atoms. The van der Waals surface area contributed by atoms with Gasteiger partial charge in [-0.3, -0.25) is 0 Å². The van der Waals surface area contributed by atoms with Gasteiger partial charge in [0.15, 0.2) is 0 Å². The van der Waals surface area contributed by atoms with Gasteiger partial charge in [0.1, 0.15) is 0 Å². The molecule has 0 bridgehead atoms. The highest BCUT2D eigenvalue weighted by Gasteiger charge is 2.40. The maximum absolute atomic E-state index is 6.25. The van der Waals surface area contributed by atoms with E-state index in [2.05, 4.69) is 122 Å². The number of nitrogen functional groups attached to an aromatic ring is 1. The first-order chi connectivity index (χ1) is 16.1. The highest BCUT2D eigenvalue weighted by atomic mass is 14.6. The second-order valence-corrected chi connectivity index (χ2v) is 9.00. The molecule has 0 aromatic heterocycles. The monoisotopic (exact) mass is 423 g/mol. The predicted octanol–water partition coefficient (Wildman–Crippen LogP) is 7.94. The number of benzene rings is 5. The van der Waals surface area contributed by atoms with E-state index in [1.165, 1.54) is 50.1 Å². The molecule has 2 N–H and O–H groups in total. The highest BCUT2D eigenvalue weighted by molar-refractivity contribution is 5.87. The van der Waals surface area contributed by atoms with E-state index >= 15 is 0 Å². The first-order valence-corrected chi connectivity index (χ1v) is 11.4. The van der Waals surface area contributed by atoms with Crippen molar-refractivity contribution in [3.8, 4) is 33.4 Å². The quantitative estimate of drug-likeness (QED) is 0.293. The molecule has 0 saturated heterocycles. The van der Waals surface area contributed by atoms with Gasteiger partial charge >= 0.3 is 0 Å². The summed E-state index contributed by atoms with van der Waals surface area (Å²) in [7, 11) is 0. The van der Waals surface area contributed by atoms with Crippen LogP contribution in [-0.2, 0) is 5.41 Å². The molecule has 158 valence electrons. The lowest BCUT2D eigenvalue weighted by atomic mass is 9.74. The Bertz CT molecular complexity index is 1450. The van der Waals surface area contributed by atoms with Crippen molar-refractivity contribution in [2.45, 2.75) is 12.3 Å². The van der Waals surface area contributed by atoms with Crippen molar-refractivity contribution in [3.63, 3.8) is 0 Å². The number of nitrogens with two attached hydrogens (primary N) is 1. The Balaban J connectivity index is 1.49. The van der Waals surface area contributed by atoms with Crippen molar-refractivity contribution in [2.75, 3.05) is 5.73 Å². The molecule has 1 aliphatic carbocycles. The fraction of sp³-hybridized carbons (Fsp3) is 0.0625. The third-order valence-electron chi connectivity index (χ3n) is 7.11. The molecule has 1 atom stereocenters. The lowest BCUT2D eigenvalue weighted by Gasteiger charge is -2.28. The number of hydrogen-bond acceptors (Lipinski definition) is 1. The summed E-state index contributed by atoms with van der Waals surface area (Å²) < 4.78 is 0. The van der Waals surface area contributed by atoms with Gasteiger partial charge in [-0.05, 0) is 75.2 Å². The van der Waals surface area contributed by atoms with Gasteiger partial charge in [0, 0.05) is 11.1 Å². The summed E-state index contributed by atoms with van der Waals surface area (Å²) in [5, 5.41) is 0. The van der Waals surface area contributed by atoms with Crippen LogP contribution in [0.25, 0.3) is 33.4 Å². The van der Waals surface area contributed by atoms with Crippen molar-refractivity contribution < 1.29 is 0 Å². The largest absolute Gasteiger partial charge is 0.399 e. The van der Waals surface area contributed by atoms with Crippen LogP contribution in [0.4, 0.5) is 5.69 Å². The second-order valence-electron chi connectivity index (χ2n) is 9.00. The molecule has 0 fully saturated rings. The Morgan fingerprint density at radius 1 is 0.485 bits per heavy atom. The molecule has 6 rings (SSSR count). The molecule has 5 aromatic carbocycles. The van der Waals surface area contributed by atoms with Gasteiger partial charge in [-0.1, -0.05) is 103 Å². The van der Waals surface area contributed by atoms with Crippen LogP contribution in [0.5, 0.6) is 0 Å². The van der Waals surface area contributed by atoms with Crippen molar-refractivity contribution >= 4 is 5.69 Å². The average Bonchev–Trinajstić information content (AvgIpc) is 3.13. The molecule has 1 aliphatic rings. The van der Waals surface area contributed by atoms with Crippen LogP contribution in [-0.4, -0.2) is 0 Å². The Labute approximate surface area is 195 Å². The maximum atomic E-state index is 6.25. The lowest BCUT2D eigenvalue weighted by Crippen LogP contribution is -2.22. The van der Waals surface area contributed by atoms with E-state index in [1.54, 1.807) is 0 Å². The first kappa shape index (κ1) is 19.6. The zero-order valence-corrected chi connectivity index (χ0v) is 18.6. The van der Waals surface area contributed by atoms with Crippen molar-refractivity contribution in [2.24, 2.45) is 0 Å². The van der Waals surface area contributed by atoms with E-state index in [9.17, 15) is 0 Å². The Morgan fingerprint density at radius 3 is 1.64 bits per heavy atom. The number of rotatable bonds is 3.